The number of nitrogens with one attached hydrogen (secondary N) is 1. The van der Waals surface area contributed by atoms with Crippen LogP contribution in [0.1, 0.15) is 24.1 Å². The van der Waals surface area contributed by atoms with Crippen molar-refractivity contribution in [3.63, 3.8) is 0 Å². The average molecular weight is 334 g/mol. The number of aliphatic hydroxyl groups is 1. The Bertz CT molecular complexity index is 530. The normalized spacial score (nSPS) is 13.9. The highest BCUT2D eigenvalue weighted by molar-refractivity contribution is 9.10. The predicted octanol–water partition coefficient (Wildman–Crippen LogP) is 3.70. The summed E-state index contributed by atoms with van der Waals surface area (Å²) in [5.41, 5.74) is 2.45. The highest BCUT2D eigenvalue weighted by Gasteiger charge is 2.13. The molecule has 2 nitrogen and oxygen atoms in total. The molecule has 0 saturated carbocycles. The maximum absolute atomic E-state index is 9.57. The first-order chi connectivity index (χ1) is 9.69. The summed E-state index contributed by atoms with van der Waals surface area (Å²) in [4.78, 5) is 0. The third-order valence-corrected chi connectivity index (χ3v) is 3.87. The van der Waals surface area contributed by atoms with Crippen LogP contribution in [0.2, 0.25) is 0 Å². The summed E-state index contributed by atoms with van der Waals surface area (Å²) in [5.74, 6) is 0. The van der Waals surface area contributed by atoms with E-state index in [4.69, 9.17) is 0 Å². The Morgan fingerprint density at radius 3 is 2.50 bits per heavy atom. The zero-order chi connectivity index (χ0) is 14.4. The van der Waals surface area contributed by atoms with Crippen LogP contribution < -0.4 is 5.32 Å². The second kappa shape index (κ2) is 7.58. The molecule has 106 valence electrons. The van der Waals surface area contributed by atoms with Crippen molar-refractivity contribution < 1.29 is 5.11 Å². The number of rotatable bonds is 6. The first kappa shape index (κ1) is 15.2. The van der Waals surface area contributed by atoms with Gasteiger partial charge in [-0.15, -0.1) is 0 Å². The van der Waals surface area contributed by atoms with E-state index in [1.807, 2.05) is 30.3 Å². The van der Waals surface area contributed by atoms with Gasteiger partial charge in [-0.25, -0.2) is 0 Å². The van der Waals surface area contributed by atoms with Crippen LogP contribution in [0.4, 0.5) is 0 Å². The molecule has 3 heteroatoms. The van der Waals surface area contributed by atoms with Gasteiger partial charge in [0.2, 0.25) is 0 Å². The van der Waals surface area contributed by atoms with Crippen LogP contribution in [0.25, 0.3) is 0 Å². The van der Waals surface area contributed by atoms with E-state index < -0.39 is 0 Å². The number of hydrogen-bond donors (Lipinski definition) is 2. The average Bonchev–Trinajstić information content (AvgIpc) is 2.47. The van der Waals surface area contributed by atoms with E-state index >= 15 is 0 Å². The molecular weight excluding hydrogens is 314 g/mol. The fourth-order valence-electron chi connectivity index (χ4n) is 2.30. The van der Waals surface area contributed by atoms with Gasteiger partial charge in [-0.2, -0.15) is 0 Å². The summed E-state index contributed by atoms with van der Waals surface area (Å²) >= 11 is 3.49. The van der Waals surface area contributed by atoms with Crippen molar-refractivity contribution in [1.82, 2.24) is 5.32 Å². The molecule has 0 bridgehead atoms. The first-order valence-corrected chi connectivity index (χ1v) is 7.64. The van der Waals surface area contributed by atoms with Crippen molar-refractivity contribution in [1.29, 1.82) is 0 Å². The molecule has 2 aromatic carbocycles. The van der Waals surface area contributed by atoms with E-state index in [0.717, 1.165) is 10.9 Å². The van der Waals surface area contributed by atoms with Gasteiger partial charge >= 0.3 is 0 Å². The molecule has 0 amide bonds. The fourth-order valence-corrected chi connectivity index (χ4v) is 2.72. The van der Waals surface area contributed by atoms with Crippen LogP contribution >= 0.6 is 15.9 Å². The summed E-state index contributed by atoms with van der Waals surface area (Å²) < 4.78 is 1.08. The van der Waals surface area contributed by atoms with Gasteiger partial charge in [-0.1, -0.05) is 58.4 Å². The van der Waals surface area contributed by atoms with Crippen LogP contribution in [-0.4, -0.2) is 17.8 Å². The van der Waals surface area contributed by atoms with E-state index in [-0.39, 0.29) is 18.7 Å². The van der Waals surface area contributed by atoms with Crippen molar-refractivity contribution in [3.05, 3.63) is 70.2 Å². The van der Waals surface area contributed by atoms with Gasteiger partial charge in [0.1, 0.15) is 0 Å². The van der Waals surface area contributed by atoms with E-state index in [0.29, 0.717) is 0 Å². The van der Waals surface area contributed by atoms with Crippen molar-refractivity contribution in [2.45, 2.75) is 25.4 Å². The molecule has 2 rings (SSSR count). The molecule has 2 atom stereocenters. The number of halogens is 1. The molecule has 0 fully saturated rings. The molecule has 0 heterocycles. The SMILES string of the molecule is CC(NC(CO)Cc1ccccc1)c1cccc(Br)c1. The molecule has 0 aliphatic rings. The molecule has 20 heavy (non-hydrogen) atoms. The van der Waals surface area contributed by atoms with Crippen molar-refractivity contribution in [2.75, 3.05) is 6.61 Å². The molecule has 0 aliphatic heterocycles. The minimum atomic E-state index is 0.0615. The van der Waals surface area contributed by atoms with Gasteiger partial charge in [0, 0.05) is 16.6 Å². The highest BCUT2D eigenvalue weighted by Crippen LogP contribution is 2.18. The number of benzene rings is 2. The molecular formula is C17H20BrNO. The molecule has 2 unspecified atom stereocenters. The summed E-state index contributed by atoms with van der Waals surface area (Å²) in [6, 6.07) is 18.8. The summed E-state index contributed by atoms with van der Waals surface area (Å²) in [6.07, 6.45) is 0.829. The molecule has 0 aliphatic carbocycles. The lowest BCUT2D eigenvalue weighted by Gasteiger charge is -2.22. The predicted molar refractivity (Wildman–Crippen MR) is 86.7 cm³/mol. The van der Waals surface area contributed by atoms with Crippen molar-refractivity contribution in [3.8, 4) is 0 Å². The lowest BCUT2D eigenvalue weighted by Crippen LogP contribution is -2.36. The van der Waals surface area contributed by atoms with Gasteiger partial charge in [-0.3, -0.25) is 0 Å². The van der Waals surface area contributed by atoms with Gasteiger partial charge in [0.25, 0.3) is 0 Å². The lowest BCUT2D eigenvalue weighted by atomic mass is 10.0. The second-order valence-corrected chi connectivity index (χ2v) is 5.93. The Morgan fingerprint density at radius 2 is 1.85 bits per heavy atom. The first-order valence-electron chi connectivity index (χ1n) is 6.85. The van der Waals surface area contributed by atoms with Gasteiger partial charge in [0.05, 0.1) is 6.61 Å². The van der Waals surface area contributed by atoms with Crippen molar-refractivity contribution >= 4 is 15.9 Å². The minimum Gasteiger partial charge on any atom is -0.395 e. The van der Waals surface area contributed by atoms with Gasteiger partial charge in [-0.05, 0) is 36.6 Å². The quantitative estimate of drug-likeness (QED) is 0.844. The molecule has 0 aromatic heterocycles. The van der Waals surface area contributed by atoms with Crippen molar-refractivity contribution in [2.24, 2.45) is 0 Å². The van der Waals surface area contributed by atoms with E-state index in [1.54, 1.807) is 0 Å². The summed E-state index contributed by atoms with van der Waals surface area (Å²) in [5, 5.41) is 13.1. The minimum absolute atomic E-state index is 0.0615. The zero-order valence-corrected chi connectivity index (χ0v) is 13.2. The van der Waals surface area contributed by atoms with Gasteiger partial charge < -0.3 is 10.4 Å². The zero-order valence-electron chi connectivity index (χ0n) is 11.6. The summed E-state index contributed by atoms with van der Waals surface area (Å²) in [7, 11) is 0. The number of aliphatic hydroxyl groups excluding tert-OH is 1. The Balaban J connectivity index is 1.99. The Hall–Kier alpha value is -1.16. The fraction of sp³-hybridized carbons (Fsp3) is 0.294. The maximum atomic E-state index is 9.57. The molecule has 2 aromatic rings. The van der Waals surface area contributed by atoms with Gasteiger partial charge in [0.15, 0.2) is 0 Å². The third kappa shape index (κ3) is 4.44. The molecule has 0 radical (unpaired) electrons. The van der Waals surface area contributed by atoms with Crippen LogP contribution in [-0.2, 0) is 6.42 Å². The smallest absolute Gasteiger partial charge is 0.0588 e. The topological polar surface area (TPSA) is 32.3 Å². The molecule has 0 spiro atoms. The van der Waals surface area contributed by atoms with Crippen LogP contribution in [0.5, 0.6) is 0 Å². The molecule has 2 N–H and O–H groups in total. The largest absolute Gasteiger partial charge is 0.395 e. The number of hydrogen-bond acceptors (Lipinski definition) is 2. The third-order valence-electron chi connectivity index (χ3n) is 3.38. The maximum Gasteiger partial charge on any atom is 0.0588 e. The van der Waals surface area contributed by atoms with Crippen LogP contribution in [0.15, 0.2) is 59.1 Å². The van der Waals surface area contributed by atoms with Crippen LogP contribution in [0, 0.1) is 0 Å². The monoisotopic (exact) mass is 333 g/mol. The van der Waals surface area contributed by atoms with E-state index in [9.17, 15) is 5.11 Å². The highest BCUT2D eigenvalue weighted by atomic mass is 79.9. The standard InChI is InChI=1S/C17H20BrNO/c1-13(15-8-5-9-16(18)11-15)19-17(12-20)10-14-6-3-2-4-7-14/h2-9,11,13,17,19-20H,10,12H2,1H3. The lowest BCUT2D eigenvalue weighted by molar-refractivity contribution is 0.232. The summed E-state index contributed by atoms with van der Waals surface area (Å²) in [6.45, 7) is 2.25. The van der Waals surface area contributed by atoms with Crippen LogP contribution in [0.3, 0.4) is 0 Å². The molecule has 0 saturated heterocycles. The second-order valence-electron chi connectivity index (χ2n) is 5.01. The van der Waals surface area contributed by atoms with E-state index in [2.05, 4.69) is 52.4 Å². The van der Waals surface area contributed by atoms with E-state index in [1.165, 1.54) is 11.1 Å². The Labute approximate surface area is 129 Å². The Kier molecular flexibility index (Phi) is 5.77. The Morgan fingerprint density at radius 1 is 1.10 bits per heavy atom.